The van der Waals surface area contributed by atoms with E-state index >= 15 is 0 Å². The Kier molecular flexibility index (Phi) is 2.30. The highest BCUT2D eigenvalue weighted by Gasteiger charge is 2.13. The van der Waals surface area contributed by atoms with Crippen molar-refractivity contribution >= 4 is 11.9 Å². The van der Waals surface area contributed by atoms with Crippen molar-refractivity contribution in [2.24, 2.45) is 4.99 Å². The van der Waals surface area contributed by atoms with E-state index in [4.69, 9.17) is 4.74 Å². The molecule has 2 heteroatoms. The molecular weight excluding hydrogens is 162 g/mol. The van der Waals surface area contributed by atoms with Crippen molar-refractivity contribution in [2.75, 3.05) is 0 Å². The second-order valence-electron chi connectivity index (χ2n) is 3.19. The normalized spacial score (nSPS) is 19.3. The summed E-state index contributed by atoms with van der Waals surface area (Å²) in [5.74, 6) is 0.906. The van der Waals surface area contributed by atoms with Crippen molar-refractivity contribution in [3.05, 3.63) is 24.3 Å². The van der Waals surface area contributed by atoms with Gasteiger partial charge in [-0.15, -0.1) is 0 Å². The summed E-state index contributed by atoms with van der Waals surface area (Å²) in [6.07, 6.45) is 4.22. The predicted octanol–water partition coefficient (Wildman–Crippen LogP) is 2.95. The molecule has 1 aliphatic heterocycles. The van der Waals surface area contributed by atoms with Crippen LogP contribution in [0.4, 0.5) is 5.69 Å². The summed E-state index contributed by atoms with van der Waals surface area (Å²) in [4.78, 5) is 4.34. The Morgan fingerprint density at radius 2 is 2.23 bits per heavy atom. The quantitative estimate of drug-likeness (QED) is 0.677. The van der Waals surface area contributed by atoms with Gasteiger partial charge in [0.15, 0.2) is 0 Å². The highest BCUT2D eigenvalue weighted by molar-refractivity contribution is 5.73. The van der Waals surface area contributed by atoms with Gasteiger partial charge in [0.25, 0.3) is 0 Å². The van der Waals surface area contributed by atoms with Gasteiger partial charge in [-0.2, -0.15) is 0 Å². The Bertz CT molecular complexity index is 320. The average molecular weight is 175 g/mol. The lowest BCUT2D eigenvalue weighted by Gasteiger charge is -2.19. The largest absolute Gasteiger partial charge is 0.483 e. The molecule has 1 unspecified atom stereocenters. The summed E-state index contributed by atoms with van der Waals surface area (Å²) in [5, 5.41) is 0. The predicted molar refractivity (Wildman–Crippen MR) is 53.9 cm³/mol. The Morgan fingerprint density at radius 1 is 1.38 bits per heavy atom. The number of fused-ring (bicyclic) bond motifs is 1. The van der Waals surface area contributed by atoms with Crippen molar-refractivity contribution in [3.63, 3.8) is 0 Å². The standard InChI is InChI=1S/C11H13NO/c1-2-5-9-8-12-10-6-3-4-7-11(10)13-9/h3-4,6-9H,2,5H2,1H3. The molecule has 0 aliphatic carbocycles. The maximum absolute atomic E-state index is 5.72. The third kappa shape index (κ3) is 1.72. The van der Waals surface area contributed by atoms with E-state index in [1.54, 1.807) is 0 Å². The van der Waals surface area contributed by atoms with Gasteiger partial charge in [0.1, 0.15) is 17.5 Å². The number of hydrogen-bond acceptors (Lipinski definition) is 2. The molecule has 0 spiro atoms. The molecule has 13 heavy (non-hydrogen) atoms. The average Bonchev–Trinajstić information content (AvgIpc) is 2.18. The molecule has 0 radical (unpaired) electrons. The molecule has 0 fully saturated rings. The van der Waals surface area contributed by atoms with E-state index in [0.29, 0.717) is 0 Å². The van der Waals surface area contributed by atoms with Crippen LogP contribution < -0.4 is 4.74 Å². The van der Waals surface area contributed by atoms with Crippen LogP contribution in [0.2, 0.25) is 0 Å². The summed E-state index contributed by atoms with van der Waals surface area (Å²) in [6, 6.07) is 7.88. The van der Waals surface area contributed by atoms with E-state index < -0.39 is 0 Å². The first-order chi connectivity index (χ1) is 6.40. The summed E-state index contributed by atoms with van der Waals surface area (Å²) < 4.78 is 5.72. The van der Waals surface area contributed by atoms with Crippen molar-refractivity contribution in [2.45, 2.75) is 25.9 Å². The number of para-hydroxylation sites is 2. The third-order valence-corrected chi connectivity index (χ3v) is 2.10. The molecular formula is C11H13NO. The van der Waals surface area contributed by atoms with Gasteiger partial charge < -0.3 is 4.74 Å². The summed E-state index contributed by atoms with van der Waals surface area (Å²) in [5.41, 5.74) is 0.940. The Balaban J connectivity index is 2.19. The van der Waals surface area contributed by atoms with E-state index in [-0.39, 0.29) is 6.10 Å². The number of aliphatic imine (C=N–C) groups is 1. The minimum absolute atomic E-state index is 0.167. The van der Waals surface area contributed by atoms with Crippen LogP contribution in [0, 0.1) is 0 Å². The summed E-state index contributed by atoms with van der Waals surface area (Å²) >= 11 is 0. The minimum Gasteiger partial charge on any atom is -0.483 e. The first kappa shape index (κ1) is 8.30. The lowest BCUT2D eigenvalue weighted by Crippen LogP contribution is -2.20. The summed E-state index contributed by atoms with van der Waals surface area (Å²) in [7, 11) is 0. The van der Waals surface area contributed by atoms with Crippen LogP contribution in [0.25, 0.3) is 0 Å². The van der Waals surface area contributed by atoms with Crippen molar-refractivity contribution in [1.82, 2.24) is 0 Å². The number of ether oxygens (including phenoxy) is 1. The number of hydrogen-bond donors (Lipinski definition) is 0. The fourth-order valence-electron chi connectivity index (χ4n) is 1.44. The molecule has 2 rings (SSSR count). The van der Waals surface area contributed by atoms with Crippen LogP contribution in [0.3, 0.4) is 0 Å². The first-order valence-electron chi connectivity index (χ1n) is 4.70. The maximum Gasteiger partial charge on any atom is 0.145 e. The van der Waals surface area contributed by atoms with Gasteiger partial charge in [-0.3, -0.25) is 4.99 Å². The molecule has 0 amide bonds. The zero-order valence-corrected chi connectivity index (χ0v) is 7.73. The van der Waals surface area contributed by atoms with Crippen LogP contribution in [0.5, 0.6) is 5.75 Å². The Labute approximate surface area is 78.3 Å². The van der Waals surface area contributed by atoms with Gasteiger partial charge in [-0.25, -0.2) is 0 Å². The van der Waals surface area contributed by atoms with E-state index in [1.807, 2.05) is 30.5 Å². The van der Waals surface area contributed by atoms with Gasteiger partial charge in [-0.1, -0.05) is 25.5 Å². The molecule has 2 nitrogen and oxygen atoms in total. The lowest BCUT2D eigenvalue weighted by atomic mass is 10.2. The monoisotopic (exact) mass is 175 g/mol. The molecule has 0 N–H and O–H groups in total. The van der Waals surface area contributed by atoms with Gasteiger partial charge in [-0.05, 0) is 18.6 Å². The van der Waals surface area contributed by atoms with Gasteiger partial charge in [0, 0.05) is 6.21 Å². The molecule has 68 valence electrons. The lowest BCUT2D eigenvalue weighted by molar-refractivity contribution is 0.256. The molecule has 1 aliphatic rings. The minimum atomic E-state index is 0.167. The van der Waals surface area contributed by atoms with Crippen molar-refractivity contribution in [3.8, 4) is 5.75 Å². The van der Waals surface area contributed by atoms with E-state index in [2.05, 4.69) is 11.9 Å². The van der Waals surface area contributed by atoms with Crippen LogP contribution in [0.1, 0.15) is 19.8 Å². The fourth-order valence-corrected chi connectivity index (χ4v) is 1.44. The van der Waals surface area contributed by atoms with Crippen LogP contribution in [-0.2, 0) is 0 Å². The molecule has 0 saturated heterocycles. The highest BCUT2D eigenvalue weighted by Crippen LogP contribution is 2.30. The van der Waals surface area contributed by atoms with Crippen LogP contribution in [-0.4, -0.2) is 12.3 Å². The second kappa shape index (κ2) is 3.60. The molecule has 0 aromatic heterocycles. The zero-order valence-electron chi connectivity index (χ0n) is 7.73. The fraction of sp³-hybridized carbons (Fsp3) is 0.364. The van der Waals surface area contributed by atoms with E-state index in [0.717, 1.165) is 24.3 Å². The number of rotatable bonds is 2. The topological polar surface area (TPSA) is 21.6 Å². The molecule has 0 saturated carbocycles. The van der Waals surface area contributed by atoms with Gasteiger partial charge in [0.05, 0.1) is 0 Å². The third-order valence-electron chi connectivity index (χ3n) is 2.10. The van der Waals surface area contributed by atoms with Crippen LogP contribution in [0.15, 0.2) is 29.3 Å². The number of benzene rings is 1. The van der Waals surface area contributed by atoms with Crippen LogP contribution >= 0.6 is 0 Å². The molecule has 0 bridgehead atoms. The van der Waals surface area contributed by atoms with E-state index in [9.17, 15) is 0 Å². The molecule has 1 heterocycles. The maximum atomic E-state index is 5.72. The number of nitrogens with zero attached hydrogens (tertiary/aromatic N) is 1. The van der Waals surface area contributed by atoms with Crippen molar-refractivity contribution in [1.29, 1.82) is 0 Å². The second-order valence-corrected chi connectivity index (χ2v) is 3.19. The Hall–Kier alpha value is -1.31. The van der Waals surface area contributed by atoms with Gasteiger partial charge >= 0.3 is 0 Å². The smallest absolute Gasteiger partial charge is 0.145 e. The SMILES string of the molecule is CCCC1C=Nc2ccccc2O1. The summed E-state index contributed by atoms with van der Waals surface area (Å²) in [6.45, 7) is 2.15. The molecule has 1 aromatic carbocycles. The molecule has 1 aromatic rings. The van der Waals surface area contributed by atoms with Gasteiger partial charge in [0.2, 0.25) is 0 Å². The van der Waals surface area contributed by atoms with Crippen molar-refractivity contribution < 1.29 is 4.74 Å². The Morgan fingerprint density at radius 3 is 3.08 bits per heavy atom. The first-order valence-corrected chi connectivity index (χ1v) is 4.70. The highest BCUT2D eigenvalue weighted by atomic mass is 16.5. The zero-order chi connectivity index (χ0) is 9.10. The molecule has 1 atom stereocenters. The van der Waals surface area contributed by atoms with E-state index in [1.165, 1.54) is 0 Å².